The maximum atomic E-state index is 11.9. The van der Waals surface area contributed by atoms with Gasteiger partial charge in [-0.05, 0) is 32.1 Å². The van der Waals surface area contributed by atoms with Crippen molar-refractivity contribution in [3.63, 3.8) is 0 Å². The molecule has 1 atom stereocenters. The predicted molar refractivity (Wildman–Crippen MR) is 88.2 cm³/mol. The molecule has 2 aliphatic heterocycles. The molecule has 0 saturated carbocycles. The standard InChI is InChI=1S/C15H22N4O4S/c1-11-10-19(15(20)23-11)14-13(16-5-6-17-14)9-12-3-7-18(8-4-12)24(2,21)22/h5-6,11-12H,3-4,7-10H2,1-2H3/t11-/m0/s1. The summed E-state index contributed by atoms with van der Waals surface area (Å²) in [7, 11) is -3.12. The maximum absolute atomic E-state index is 11.9. The van der Waals surface area contributed by atoms with Crippen molar-refractivity contribution in [1.82, 2.24) is 14.3 Å². The fraction of sp³-hybridized carbons (Fsp3) is 0.667. The summed E-state index contributed by atoms with van der Waals surface area (Å²) in [4.78, 5) is 22.2. The predicted octanol–water partition coefficient (Wildman–Crippen LogP) is 1.04. The Hall–Kier alpha value is -1.74. The molecule has 0 radical (unpaired) electrons. The summed E-state index contributed by atoms with van der Waals surface area (Å²) in [5.74, 6) is 0.881. The summed E-state index contributed by atoms with van der Waals surface area (Å²) >= 11 is 0. The van der Waals surface area contributed by atoms with Crippen molar-refractivity contribution in [2.45, 2.75) is 32.3 Å². The van der Waals surface area contributed by atoms with Gasteiger partial charge < -0.3 is 4.74 Å². The van der Waals surface area contributed by atoms with E-state index >= 15 is 0 Å². The lowest BCUT2D eigenvalue weighted by molar-refractivity contribution is 0.149. The summed E-state index contributed by atoms with van der Waals surface area (Å²) in [6, 6.07) is 0. The molecule has 0 unspecified atom stereocenters. The summed E-state index contributed by atoms with van der Waals surface area (Å²) in [5, 5.41) is 0. The number of cyclic esters (lactones) is 1. The van der Waals surface area contributed by atoms with Crippen molar-refractivity contribution in [2.24, 2.45) is 5.92 Å². The van der Waals surface area contributed by atoms with E-state index in [9.17, 15) is 13.2 Å². The van der Waals surface area contributed by atoms with Crippen molar-refractivity contribution in [3.8, 4) is 0 Å². The lowest BCUT2D eigenvalue weighted by Gasteiger charge is -2.30. The second-order valence-corrected chi connectivity index (χ2v) is 8.42. The van der Waals surface area contributed by atoms with Gasteiger partial charge in [0.15, 0.2) is 5.82 Å². The maximum Gasteiger partial charge on any atom is 0.415 e. The van der Waals surface area contributed by atoms with E-state index in [1.165, 1.54) is 15.5 Å². The minimum Gasteiger partial charge on any atom is -0.444 e. The topological polar surface area (TPSA) is 92.7 Å². The smallest absolute Gasteiger partial charge is 0.415 e. The van der Waals surface area contributed by atoms with E-state index in [-0.39, 0.29) is 6.10 Å². The number of anilines is 1. The van der Waals surface area contributed by atoms with E-state index in [2.05, 4.69) is 9.97 Å². The Kier molecular flexibility index (Phi) is 4.73. The largest absolute Gasteiger partial charge is 0.444 e. The molecule has 2 fully saturated rings. The summed E-state index contributed by atoms with van der Waals surface area (Å²) in [6.45, 7) is 3.37. The number of amides is 1. The highest BCUT2D eigenvalue weighted by Crippen LogP contribution is 2.27. The van der Waals surface area contributed by atoms with E-state index in [1.54, 1.807) is 12.4 Å². The van der Waals surface area contributed by atoms with Gasteiger partial charge in [0.2, 0.25) is 10.0 Å². The molecule has 1 aromatic rings. The first-order valence-corrected chi connectivity index (χ1v) is 9.92. The highest BCUT2D eigenvalue weighted by molar-refractivity contribution is 7.88. The van der Waals surface area contributed by atoms with Crippen LogP contribution in [0.2, 0.25) is 0 Å². The van der Waals surface area contributed by atoms with E-state index in [4.69, 9.17) is 4.74 Å². The van der Waals surface area contributed by atoms with Crippen LogP contribution in [0, 0.1) is 5.92 Å². The van der Waals surface area contributed by atoms with E-state index in [1.807, 2.05) is 6.92 Å². The minimum absolute atomic E-state index is 0.162. The molecule has 0 bridgehead atoms. The molecule has 9 heteroatoms. The van der Waals surface area contributed by atoms with E-state index in [0.29, 0.717) is 37.8 Å². The molecule has 3 heterocycles. The summed E-state index contributed by atoms with van der Waals surface area (Å²) in [5.41, 5.74) is 0.765. The Morgan fingerprint density at radius 3 is 2.50 bits per heavy atom. The number of piperidine rings is 1. The molecule has 1 aromatic heterocycles. The molecule has 0 spiro atoms. The van der Waals surface area contributed by atoms with E-state index in [0.717, 1.165) is 18.5 Å². The molecule has 132 valence electrons. The average Bonchev–Trinajstić information content (AvgIpc) is 2.86. The Bertz CT molecular complexity index is 716. The third-order valence-corrected chi connectivity index (χ3v) is 5.80. The zero-order valence-corrected chi connectivity index (χ0v) is 14.7. The van der Waals surface area contributed by atoms with Gasteiger partial charge >= 0.3 is 6.09 Å². The Morgan fingerprint density at radius 1 is 1.25 bits per heavy atom. The lowest BCUT2D eigenvalue weighted by Crippen LogP contribution is -2.38. The molecule has 1 amide bonds. The second-order valence-electron chi connectivity index (χ2n) is 6.44. The van der Waals surface area contributed by atoms with Gasteiger partial charge in [-0.15, -0.1) is 0 Å². The van der Waals surface area contributed by atoms with Crippen molar-refractivity contribution >= 4 is 21.9 Å². The fourth-order valence-corrected chi connectivity index (χ4v) is 4.10. The minimum atomic E-state index is -3.12. The van der Waals surface area contributed by atoms with Crippen LogP contribution in [-0.4, -0.2) is 60.8 Å². The van der Waals surface area contributed by atoms with Crippen molar-refractivity contribution in [1.29, 1.82) is 0 Å². The van der Waals surface area contributed by atoms with Crippen LogP contribution >= 0.6 is 0 Å². The molecule has 8 nitrogen and oxygen atoms in total. The first kappa shape index (κ1) is 17.1. The van der Waals surface area contributed by atoms with Crippen LogP contribution in [0.15, 0.2) is 12.4 Å². The van der Waals surface area contributed by atoms with Crippen LogP contribution in [-0.2, 0) is 21.2 Å². The number of hydrogen-bond donors (Lipinski definition) is 0. The quantitative estimate of drug-likeness (QED) is 0.802. The number of ether oxygens (including phenoxy) is 1. The molecule has 2 saturated heterocycles. The number of nitrogens with zero attached hydrogens (tertiary/aromatic N) is 4. The molecule has 2 aliphatic rings. The molecule has 0 aliphatic carbocycles. The van der Waals surface area contributed by atoms with Gasteiger partial charge in [-0.1, -0.05) is 0 Å². The first-order chi connectivity index (χ1) is 11.3. The molecular weight excluding hydrogens is 332 g/mol. The van der Waals surface area contributed by atoms with Crippen LogP contribution in [0.25, 0.3) is 0 Å². The molecule has 0 aromatic carbocycles. The van der Waals surface area contributed by atoms with Crippen LogP contribution < -0.4 is 4.90 Å². The number of carbonyl (C=O) groups is 1. The van der Waals surface area contributed by atoms with Crippen LogP contribution in [0.3, 0.4) is 0 Å². The molecular formula is C15H22N4O4S. The highest BCUT2D eigenvalue weighted by Gasteiger charge is 2.33. The third-order valence-electron chi connectivity index (χ3n) is 4.49. The van der Waals surface area contributed by atoms with Crippen LogP contribution in [0.1, 0.15) is 25.5 Å². The average molecular weight is 354 g/mol. The monoisotopic (exact) mass is 354 g/mol. The number of aromatic nitrogens is 2. The van der Waals surface area contributed by atoms with Crippen molar-refractivity contribution in [3.05, 3.63) is 18.1 Å². The number of rotatable bonds is 4. The summed E-state index contributed by atoms with van der Waals surface area (Å²) in [6.07, 6.45) is 6.12. The molecule has 0 N–H and O–H groups in total. The Balaban J connectivity index is 1.70. The van der Waals surface area contributed by atoms with Gasteiger partial charge in [-0.2, -0.15) is 0 Å². The Labute approximate surface area is 141 Å². The normalized spacial score (nSPS) is 23.5. The van der Waals surface area contributed by atoms with Crippen LogP contribution in [0.5, 0.6) is 0 Å². The van der Waals surface area contributed by atoms with Gasteiger partial charge in [0.1, 0.15) is 6.10 Å². The zero-order chi connectivity index (χ0) is 17.3. The van der Waals surface area contributed by atoms with Gasteiger partial charge in [-0.25, -0.2) is 22.5 Å². The number of carbonyl (C=O) groups excluding carboxylic acids is 1. The zero-order valence-electron chi connectivity index (χ0n) is 13.9. The third kappa shape index (κ3) is 3.67. The SMILES string of the molecule is C[C@H]1CN(c2nccnc2CC2CCN(S(C)(=O)=O)CC2)C(=O)O1. The number of sulfonamides is 1. The lowest BCUT2D eigenvalue weighted by atomic mass is 9.93. The van der Waals surface area contributed by atoms with Gasteiger partial charge in [0, 0.05) is 25.5 Å². The van der Waals surface area contributed by atoms with Gasteiger partial charge in [0.05, 0.1) is 18.5 Å². The van der Waals surface area contributed by atoms with Gasteiger partial charge in [0.25, 0.3) is 0 Å². The molecule has 24 heavy (non-hydrogen) atoms. The van der Waals surface area contributed by atoms with Crippen LogP contribution in [0.4, 0.5) is 10.6 Å². The Morgan fingerprint density at radius 2 is 1.92 bits per heavy atom. The van der Waals surface area contributed by atoms with Crippen molar-refractivity contribution in [2.75, 3.05) is 30.8 Å². The fourth-order valence-electron chi connectivity index (χ4n) is 3.23. The summed E-state index contributed by atoms with van der Waals surface area (Å²) < 4.78 is 29.9. The van der Waals surface area contributed by atoms with Gasteiger partial charge in [-0.3, -0.25) is 9.88 Å². The second kappa shape index (κ2) is 6.64. The number of hydrogen-bond acceptors (Lipinski definition) is 6. The van der Waals surface area contributed by atoms with E-state index < -0.39 is 16.1 Å². The first-order valence-electron chi connectivity index (χ1n) is 8.07. The van der Waals surface area contributed by atoms with Crippen molar-refractivity contribution < 1.29 is 17.9 Å². The highest BCUT2D eigenvalue weighted by atomic mass is 32.2. The molecule has 3 rings (SSSR count).